The molecular weight excluding hydrogens is 208 g/mol. The lowest BCUT2D eigenvalue weighted by molar-refractivity contribution is 0.414. The first kappa shape index (κ1) is 11.7. The molecule has 0 bridgehead atoms. The van der Waals surface area contributed by atoms with E-state index in [1.807, 2.05) is 18.2 Å². The molecule has 0 radical (unpaired) electrons. The molecule has 0 spiro atoms. The van der Waals surface area contributed by atoms with Gasteiger partial charge in [0.25, 0.3) is 0 Å². The maximum atomic E-state index is 8.40. The van der Waals surface area contributed by atoms with Crippen molar-refractivity contribution >= 4 is 17.4 Å². The molecule has 0 fully saturated rings. The Hall–Kier alpha value is -1.34. The quantitative estimate of drug-likeness (QED) is 0.472. The largest absolute Gasteiger partial charge is 0.497 e. The number of nitrogens with zero attached hydrogens (tertiary/aromatic N) is 1. The lowest BCUT2D eigenvalue weighted by atomic mass is 10.3. The van der Waals surface area contributed by atoms with Gasteiger partial charge in [0.15, 0.2) is 0 Å². The summed E-state index contributed by atoms with van der Waals surface area (Å²) in [6, 6.07) is 7.73. The summed E-state index contributed by atoms with van der Waals surface area (Å²) in [6.45, 7) is 0. The molecule has 0 saturated carbocycles. The summed E-state index contributed by atoms with van der Waals surface area (Å²) in [7, 11) is 1.63. The van der Waals surface area contributed by atoms with Crippen molar-refractivity contribution in [3.63, 3.8) is 0 Å². The molecule has 2 N–H and O–H groups in total. The molecule has 0 unspecified atom stereocenters. The van der Waals surface area contributed by atoms with Crippen LogP contribution in [-0.2, 0) is 0 Å². The highest BCUT2D eigenvalue weighted by Crippen LogP contribution is 2.29. The number of thioether (sulfide) groups is 1. The molecule has 0 atom stereocenters. The predicted octanol–water partition coefficient (Wildman–Crippen LogP) is 2.67. The Kier molecular flexibility index (Phi) is 4.85. The van der Waals surface area contributed by atoms with Crippen LogP contribution in [0.3, 0.4) is 0 Å². The Morgan fingerprint density at radius 3 is 3.00 bits per heavy atom. The van der Waals surface area contributed by atoms with Gasteiger partial charge in [-0.2, -0.15) is 5.26 Å². The van der Waals surface area contributed by atoms with E-state index in [-0.39, 0.29) is 0 Å². The van der Waals surface area contributed by atoms with Crippen molar-refractivity contribution in [1.29, 1.82) is 5.26 Å². The normalized spacial score (nSPS) is 9.60. The highest BCUT2D eigenvalue weighted by atomic mass is 32.2. The Morgan fingerprint density at radius 1 is 1.53 bits per heavy atom. The van der Waals surface area contributed by atoms with Crippen LogP contribution < -0.4 is 10.5 Å². The van der Waals surface area contributed by atoms with Gasteiger partial charge in [-0.05, 0) is 30.4 Å². The van der Waals surface area contributed by atoms with E-state index in [4.69, 9.17) is 15.7 Å². The molecule has 1 rings (SSSR count). The van der Waals surface area contributed by atoms with Crippen LogP contribution in [0.15, 0.2) is 23.1 Å². The number of nitrogen functional groups attached to an aromatic ring is 1. The van der Waals surface area contributed by atoms with Crippen LogP contribution in [-0.4, -0.2) is 12.9 Å². The van der Waals surface area contributed by atoms with Crippen LogP contribution in [0.4, 0.5) is 5.69 Å². The fourth-order valence-corrected chi connectivity index (χ4v) is 2.04. The molecule has 0 amide bonds. The molecule has 15 heavy (non-hydrogen) atoms. The van der Waals surface area contributed by atoms with E-state index in [1.165, 1.54) is 0 Å². The van der Waals surface area contributed by atoms with Gasteiger partial charge in [-0.3, -0.25) is 0 Å². The monoisotopic (exact) mass is 222 g/mol. The van der Waals surface area contributed by atoms with Crippen LogP contribution >= 0.6 is 11.8 Å². The second-order valence-electron chi connectivity index (χ2n) is 3.01. The van der Waals surface area contributed by atoms with Gasteiger partial charge in [-0.1, -0.05) is 0 Å². The number of hydrogen-bond acceptors (Lipinski definition) is 4. The summed E-state index contributed by atoms with van der Waals surface area (Å²) in [4.78, 5) is 1.02. The van der Waals surface area contributed by atoms with E-state index in [1.54, 1.807) is 18.9 Å². The van der Waals surface area contributed by atoms with Crippen molar-refractivity contribution in [2.24, 2.45) is 0 Å². The zero-order valence-corrected chi connectivity index (χ0v) is 9.51. The van der Waals surface area contributed by atoms with E-state index < -0.39 is 0 Å². The van der Waals surface area contributed by atoms with Gasteiger partial charge in [0, 0.05) is 17.0 Å². The predicted molar refractivity (Wildman–Crippen MR) is 63.0 cm³/mol. The second-order valence-corrected chi connectivity index (χ2v) is 4.15. The Balaban J connectivity index is 2.56. The fourth-order valence-electron chi connectivity index (χ4n) is 1.10. The van der Waals surface area contributed by atoms with Crippen LogP contribution in [0, 0.1) is 11.3 Å². The Labute approximate surface area is 94.2 Å². The number of nitrogens with two attached hydrogens (primary N) is 1. The number of rotatable bonds is 5. The molecule has 80 valence electrons. The lowest BCUT2D eigenvalue weighted by Gasteiger charge is -2.06. The Bertz CT molecular complexity index is 360. The lowest BCUT2D eigenvalue weighted by Crippen LogP contribution is -1.91. The van der Waals surface area contributed by atoms with Crippen molar-refractivity contribution in [3.8, 4) is 11.8 Å². The van der Waals surface area contributed by atoms with Crippen molar-refractivity contribution < 1.29 is 4.74 Å². The van der Waals surface area contributed by atoms with Gasteiger partial charge in [-0.25, -0.2) is 0 Å². The number of anilines is 1. The second kappa shape index (κ2) is 6.20. The minimum absolute atomic E-state index is 0.594. The summed E-state index contributed by atoms with van der Waals surface area (Å²) in [5.74, 6) is 1.72. The minimum atomic E-state index is 0.594. The third-order valence-corrected chi connectivity index (χ3v) is 3.07. The number of ether oxygens (including phenoxy) is 1. The summed E-state index contributed by atoms with van der Waals surface area (Å²) >= 11 is 1.66. The summed E-state index contributed by atoms with van der Waals surface area (Å²) in [5, 5.41) is 8.40. The molecule has 0 heterocycles. The van der Waals surface area contributed by atoms with Gasteiger partial charge < -0.3 is 10.5 Å². The topological polar surface area (TPSA) is 59.0 Å². The zero-order valence-electron chi connectivity index (χ0n) is 8.69. The van der Waals surface area contributed by atoms with E-state index in [9.17, 15) is 0 Å². The number of methoxy groups -OCH3 is 1. The molecule has 1 aromatic carbocycles. The molecule has 0 saturated heterocycles. The summed E-state index contributed by atoms with van der Waals surface area (Å²) < 4.78 is 5.12. The van der Waals surface area contributed by atoms with Crippen LogP contribution in [0.25, 0.3) is 0 Å². The number of nitriles is 1. The Morgan fingerprint density at radius 2 is 2.33 bits per heavy atom. The van der Waals surface area contributed by atoms with Crippen molar-refractivity contribution in [1.82, 2.24) is 0 Å². The number of hydrogen-bond donors (Lipinski definition) is 1. The molecule has 0 aliphatic rings. The SMILES string of the molecule is COc1ccc(N)c(SCCCC#N)c1. The van der Waals surface area contributed by atoms with E-state index in [0.29, 0.717) is 6.42 Å². The van der Waals surface area contributed by atoms with Gasteiger partial charge >= 0.3 is 0 Å². The minimum Gasteiger partial charge on any atom is -0.497 e. The van der Waals surface area contributed by atoms with Crippen LogP contribution in [0.1, 0.15) is 12.8 Å². The van der Waals surface area contributed by atoms with Crippen LogP contribution in [0.5, 0.6) is 5.75 Å². The molecule has 4 heteroatoms. The van der Waals surface area contributed by atoms with Gasteiger partial charge in [-0.15, -0.1) is 11.8 Å². The standard InChI is InChI=1S/C11H14N2OS/c1-14-9-4-5-10(13)11(8-9)15-7-3-2-6-12/h4-5,8H,2-3,7,13H2,1H3. The van der Waals surface area contributed by atoms with Crippen molar-refractivity contribution in [2.75, 3.05) is 18.6 Å². The van der Waals surface area contributed by atoms with Gasteiger partial charge in [0.05, 0.1) is 13.2 Å². The first-order valence-corrected chi connectivity index (χ1v) is 5.69. The zero-order chi connectivity index (χ0) is 11.1. The smallest absolute Gasteiger partial charge is 0.120 e. The van der Waals surface area contributed by atoms with E-state index in [2.05, 4.69) is 6.07 Å². The molecule has 1 aromatic rings. The third kappa shape index (κ3) is 3.72. The summed E-state index contributed by atoms with van der Waals surface area (Å²) in [6.07, 6.45) is 1.48. The third-order valence-electron chi connectivity index (χ3n) is 1.91. The molecular formula is C11H14N2OS. The molecule has 3 nitrogen and oxygen atoms in total. The maximum Gasteiger partial charge on any atom is 0.120 e. The first-order valence-electron chi connectivity index (χ1n) is 4.71. The number of benzene rings is 1. The van der Waals surface area contributed by atoms with Crippen molar-refractivity contribution in [2.45, 2.75) is 17.7 Å². The fraction of sp³-hybridized carbons (Fsp3) is 0.364. The number of unbranched alkanes of at least 4 members (excludes halogenated alkanes) is 1. The average molecular weight is 222 g/mol. The molecule has 0 aromatic heterocycles. The van der Waals surface area contributed by atoms with E-state index >= 15 is 0 Å². The van der Waals surface area contributed by atoms with Crippen molar-refractivity contribution in [3.05, 3.63) is 18.2 Å². The maximum absolute atomic E-state index is 8.40. The highest BCUT2D eigenvalue weighted by Gasteiger charge is 2.01. The van der Waals surface area contributed by atoms with Gasteiger partial charge in [0.2, 0.25) is 0 Å². The van der Waals surface area contributed by atoms with Crippen LogP contribution in [0.2, 0.25) is 0 Å². The van der Waals surface area contributed by atoms with Gasteiger partial charge in [0.1, 0.15) is 5.75 Å². The summed E-state index contributed by atoms with van der Waals surface area (Å²) in [5.41, 5.74) is 6.58. The first-order chi connectivity index (χ1) is 7.27. The molecule has 0 aliphatic carbocycles. The molecule has 0 aliphatic heterocycles. The van der Waals surface area contributed by atoms with E-state index in [0.717, 1.165) is 28.5 Å². The average Bonchev–Trinajstić information content (AvgIpc) is 2.26. The highest BCUT2D eigenvalue weighted by molar-refractivity contribution is 7.99.